The van der Waals surface area contributed by atoms with Crippen molar-refractivity contribution in [2.45, 2.75) is 33.3 Å². The molecule has 0 saturated heterocycles. The molecular formula is C23H19F6N3O4S3. The van der Waals surface area contributed by atoms with Crippen molar-refractivity contribution < 1.29 is 44.3 Å². The number of ketones is 2. The average Bonchev–Trinajstić information content (AvgIpc) is 3.28. The van der Waals surface area contributed by atoms with Crippen LogP contribution in [0.4, 0.5) is 32.0 Å². The fraction of sp³-hybridized carbons (Fsp3) is 0.174. The van der Waals surface area contributed by atoms with E-state index in [9.17, 15) is 44.3 Å². The second-order valence-corrected chi connectivity index (χ2v) is 11.7. The van der Waals surface area contributed by atoms with Crippen LogP contribution in [-0.2, 0) is 19.4 Å². The molecule has 0 unspecified atom stereocenters. The van der Waals surface area contributed by atoms with Crippen molar-refractivity contribution in [1.29, 1.82) is 5.41 Å². The summed E-state index contributed by atoms with van der Waals surface area (Å²) in [5.74, 6) is -6.95. The highest BCUT2D eigenvalue weighted by Crippen LogP contribution is 2.38. The van der Waals surface area contributed by atoms with Crippen LogP contribution >= 0.6 is 23.1 Å². The van der Waals surface area contributed by atoms with E-state index in [0.29, 0.717) is 14.8 Å². The third-order valence-electron chi connectivity index (χ3n) is 4.83. The van der Waals surface area contributed by atoms with Gasteiger partial charge in [0.15, 0.2) is 0 Å². The molecule has 0 fully saturated rings. The molecular weight excluding hydrogens is 592 g/mol. The first-order valence-corrected chi connectivity index (χ1v) is 13.8. The summed E-state index contributed by atoms with van der Waals surface area (Å²) >= 11 is 2.55. The Morgan fingerprint density at radius 1 is 0.949 bits per heavy atom. The number of carbonyl (C=O) groups is 2. The fourth-order valence-corrected chi connectivity index (χ4v) is 6.95. The van der Waals surface area contributed by atoms with Crippen molar-refractivity contribution >= 4 is 56.0 Å². The van der Waals surface area contributed by atoms with E-state index in [1.807, 2.05) is 31.4 Å². The monoisotopic (exact) mass is 611 g/mol. The Morgan fingerprint density at radius 3 is 1.97 bits per heavy atom. The molecule has 2 aromatic carbocycles. The number of aryl methyl sites for hydroxylation is 1. The van der Waals surface area contributed by atoms with Crippen LogP contribution in [0, 0.1) is 12.3 Å². The van der Waals surface area contributed by atoms with Gasteiger partial charge < -0.3 is 11.5 Å². The van der Waals surface area contributed by atoms with Gasteiger partial charge in [0.2, 0.25) is 9.84 Å². The van der Waals surface area contributed by atoms with Gasteiger partial charge in [-0.15, -0.1) is 23.1 Å². The zero-order chi connectivity index (χ0) is 29.9. The van der Waals surface area contributed by atoms with Crippen LogP contribution in [0.3, 0.4) is 0 Å². The van der Waals surface area contributed by atoms with Crippen molar-refractivity contribution in [1.82, 2.24) is 0 Å². The van der Waals surface area contributed by atoms with E-state index >= 15 is 0 Å². The zero-order valence-electron chi connectivity index (χ0n) is 19.9. The first-order chi connectivity index (χ1) is 17.8. The topological polar surface area (TPSA) is 144 Å². The summed E-state index contributed by atoms with van der Waals surface area (Å²) in [6, 6.07) is 13.9. The molecule has 0 saturated carbocycles. The molecule has 0 radical (unpaired) electrons. The van der Waals surface area contributed by atoms with Gasteiger partial charge in [0.25, 0.3) is 0 Å². The molecule has 0 bridgehead atoms. The Bertz CT molecular complexity index is 1510. The molecule has 5 N–H and O–H groups in total. The standard InChI is InChI=1S/C19H19N3O2S3.C4F6O2/c1-11-8-13(20)6-7-15(11)12-4-3-5-14(9-12)27(23,24)17-10-16(18(21)22)26-19(17)25-2;5-3(6,7)1(11)2(12)4(8,9)10/h3-10H,20H2,1-2H3,(H3,21,22);. The van der Waals surface area contributed by atoms with E-state index in [1.165, 1.54) is 29.2 Å². The normalized spacial score (nSPS) is 11.9. The first kappa shape index (κ1) is 31.8. The van der Waals surface area contributed by atoms with Crippen LogP contribution in [0.5, 0.6) is 0 Å². The molecule has 7 nitrogen and oxygen atoms in total. The number of carbonyl (C=O) groups excluding carboxylic acids is 2. The lowest BCUT2D eigenvalue weighted by Crippen LogP contribution is -2.39. The molecule has 0 aliphatic rings. The summed E-state index contributed by atoms with van der Waals surface area (Å²) in [5.41, 5.74) is 14.7. The Morgan fingerprint density at radius 2 is 1.51 bits per heavy atom. The van der Waals surface area contributed by atoms with E-state index in [0.717, 1.165) is 16.7 Å². The number of anilines is 1. The van der Waals surface area contributed by atoms with Crippen LogP contribution < -0.4 is 11.5 Å². The van der Waals surface area contributed by atoms with E-state index in [2.05, 4.69) is 0 Å². The molecule has 3 aromatic rings. The molecule has 1 heterocycles. The van der Waals surface area contributed by atoms with Gasteiger partial charge in [0.1, 0.15) is 5.84 Å². The summed E-state index contributed by atoms with van der Waals surface area (Å²) in [6.45, 7) is 1.94. The molecule has 0 atom stereocenters. The lowest BCUT2D eigenvalue weighted by molar-refractivity contribution is -0.193. The molecule has 0 aliphatic heterocycles. The summed E-state index contributed by atoms with van der Waals surface area (Å²) in [5, 5.41) is 7.59. The summed E-state index contributed by atoms with van der Waals surface area (Å²) < 4.78 is 94.0. The van der Waals surface area contributed by atoms with Crippen molar-refractivity contribution in [3.63, 3.8) is 0 Å². The molecule has 3 rings (SSSR count). The maximum absolute atomic E-state index is 13.2. The van der Waals surface area contributed by atoms with Gasteiger partial charge in [-0.3, -0.25) is 15.0 Å². The van der Waals surface area contributed by atoms with E-state index in [4.69, 9.17) is 16.9 Å². The number of Topliss-reactive ketones (excluding diaryl/α,β-unsaturated/α-hetero) is 2. The van der Waals surface area contributed by atoms with E-state index in [1.54, 1.807) is 24.3 Å². The quantitative estimate of drug-likeness (QED) is 0.0846. The minimum Gasteiger partial charge on any atom is -0.399 e. The number of sulfone groups is 1. The Balaban J connectivity index is 0.000000377. The summed E-state index contributed by atoms with van der Waals surface area (Å²) in [6.07, 6.45) is -9.73. The summed E-state index contributed by atoms with van der Waals surface area (Å²) in [7, 11) is -3.73. The predicted octanol–water partition coefficient (Wildman–Crippen LogP) is 5.39. The van der Waals surface area contributed by atoms with Gasteiger partial charge in [-0.1, -0.05) is 18.2 Å². The molecule has 0 aliphatic carbocycles. The largest absolute Gasteiger partial charge is 0.458 e. The smallest absolute Gasteiger partial charge is 0.399 e. The lowest BCUT2D eigenvalue weighted by Gasteiger charge is -2.10. The lowest BCUT2D eigenvalue weighted by atomic mass is 10.0. The van der Waals surface area contributed by atoms with Crippen LogP contribution in [0.1, 0.15) is 10.4 Å². The average molecular weight is 612 g/mol. The number of thiophene rings is 1. The minimum atomic E-state index is -5.77. The van der Waals surface area contributed by atoms with Gasteiger partial charge in [-0.25, -0.2) is 8.42 Å². The number of nitrogens with two attached hydrogens (primary N) is 2. The third-order valence-corrected chi connectivity index (χ3v) is 9.17. The molecule has 1 aromatic heterocycles. The maximum Gasteiger partial charge on any atom is 0.458 e. The number of benzene rings is 2. The SMILES string of the molecule is CSc1sc(C(=N)N)cc1S(=O)(=O)c1cccc(-c2ccc(N)cc2C)c1.O=C(C(=O)C(F)(F)F)C(F)(F)F. The van der Waals surface area contributed by atoms with E-state index < -0.39 is 33.8 Å². The van der Waals surface area contributed by atoms with Gasteiger partial charge >= 0.3 is 23.9 Å². The number of thioether (sulfide) groups is 1. The minimum absolute atomic E-state index is 0.136. The van der Waals surface area contributed by atoms with Crippen LogP contribution in [0.2, 0.25) is 0 Å². The highest BCUT2D eigenvalue weighted by atomic mass is 32.2. The second-order valence-electron chi connectivity index (χ2n) is 7.64. The highest BCUT2D eigenvalue weighted by Gasteiger charge is 2.54. The number of amidine groups is 1. The van der Waals surface area contributed by atoms with Gasteiger partial charge in [0, 0.05) is 5.69 Å². The predicted molar refractivity (Wildman–Crippen MR) is 136 cm³/mol. The number of rotatable bonds is 6. The Labute approximate surface area is 226 Å². The molecule has 0 amide bonds. The Kier molecular flexibility index (Phi) is 9.63. The zero-order valence-corrected chi connectivity index (χ0v) is 22.3. The van der Waals surface area contributed by atoms with Crippen LogP contribution in [-0.4, -0.2) is 44.4 Å². The van der Waals surface area contributed by atoms with Crippen LogP contribution in [0.25, 0.3) is 11.1 Å². The first-order valence-electron chi connectivity index (χ1n) is 10.3. The van der Waals surface area contributed by atoms with Gasteiger partial charge in [-0.05, 0) is 60.2 Å². The Hall–Kier alpha value is -3.37. The number of hydrogen-bond donors (Lipinski definition) is 3. The summed E-state index contributed by atoms with van der Waals surface area (Å²) in [4.78, 5) is 20.1. The number of nitrogens with one attached hydrogen (secondary N) is 1. The van der Waals surface area contributed by atoms with E-state index in [-0.39, 0.29) is 15.6 Å². The molecule has 210 valence electrons. The number of halogens is 6. The number of alkyl halides is 6. The molecule has 16 heteroatoms. The maximum atomic E-state index is 13.2. The fourth-order valence-electron chi connectivity index (χ4n) is 3.05. The third kappa shape index (κ3) is 7.60. The van der Waals surface area contributed by atoms with Gasteiger partial charge in [-0.2, -0.15) is 26.3 Å². The van der Waals surface area contributed by atoms with Gasteiger partial charge in [0.05, 0.1) is 18.9 Å². The molecule has 39 heavy (non-hydrogen) atoms. The van der Waals surface area contributed by atoms with Crippen molar-refractivity contribution in [3.8, 4) is 11.1 Å². The molecule has 0 spiro atoms. The van der Waals surface area contributed by atoms with Crippen molar-refractivity contribution in [3.05, 3.63) is 59.0 Å². The highest BCUT2D eigenvalue weighted by molar-refractivity contribution is 8.01. The second kappa shape index (κ2) is 11.8. The van der Waals surface area contributed by atoms with Crippen molar-refractivity contribution in [2.75, 3.05) is 12.0 Å². The van der Waals surface area contributed by atoms with Crippen LogP contribution in [0.15, 0.2) is 62.5 Å². The number of hydrogen-bond acceptors (Lipinski definition) is 8. The number of nitrogen functional groups attached to an aromatic ring is 2. The van der Waals surface area contributed by atoms with Crippen molar-refractivity contribution in [2.24, 2.45) is 5.73 Å².